The van der Waals surface area contributed by atoms with Crippen molar-refractivity contribution in [2.24, 2.45) is 0 Å². The zero-order valence-electron chi connectivity index (χ0n) is 9.43. The van der Waals surface area contributed by atoms with Crippen LogP contribution in [-0.4, -0.2) is 27.7 Å². The van der Waals surface area contributed by atoms with Gasteiger partial charge in [-0.3, -0.25) is 0 Å². The average molecular weight is 234 g/mol. The van der Waals surface area contributed by atoms with Gasteiger partial charge in [0.15, 0.2) is 5.69 Å². The van der Waals surface area contributed by atoms with Crippen LogP contribution in [0.1, 0.15) is 59.7 Å². The van der Waals surface area contributed by atoms with Gasteiger partial charge in [0.1, 0.15) is 5.82 Å². The molecule has 1 aliphatic carbocycles. The summed E-state index contributed by atoms with van der Waals surface area (Å²) in [6.45, 7) is 0.732. The molecule has 2 aliphatic rings. The zero-order valence-corrected chi connectivity index (χ0v) is 9.43. The number of hydrogen-bond acceptors (Lipinski definition) is 4. The number of ether oxygens (including phenoxy) is 1. The summed E-state index contributed by atoms with van der Waals surface area (Å²) in [6.07, 6.45) is 4.01. The van der Waals surface area contributed by atoms with Gasteiger partial charge < -0.3 is 9.84 Å². The highest BCUT2D eigenvalue weighted by Crippen LogP contribution is 2.39. The Morgan fingerprint density at radius 3 is 2.76 bits per heavy atom. The van der Waals surface area contributed by atoms with E-state index in [0.717, 1.165) is 38.0 Å². The van der Waals surface area contributed by atoms with Crippen LogP contribution in [0.15, 0.2) is 6.07 Å². The second-order valence-electron chi connectivity index (χ2n) is 4.62. The zero-order chi connectivity index (χ0) is 11.8. The summed E-state index contributed by atoms with van der Waals surface area (Å²) in [7, 11) is 0. The number of carbonyl (C=O) groups is 1. The van der Waals surface area contributed by atoms with Crippen LogP contribution in [0, 0.1) is 0 Å². The van der Waals surface area contributed by atoms with Crippen LogP contribution < -0.4 is 0 Å². The summed E-state index contributed by atoms with van der Waals surface area (Å²) in [4.78, 5) is 19.6. The van der Waals surface area contributed by atoms with E-state index in [9.17, 15) is 4.79 Å². The number of carboxylic acids is 1. The van der Waals surface area contributed by atoms with Crippen LogP contribution >= 0.6 is 0 Å². The van der Waals surface area contributed by atoms with Crippen molar-refractivity contribution in [2.45, 2.75) is 37.7 Å². The predicted octanol–water partition coefficient (Wildman–Crippen LogP) is 1.90. The molecular formula is C12H14N2O3. The number of carboxylic acid groups (broad SMARTS) is 1. The number of nitrogens with zero attached hydrogens (tertiary/aromatic N) is 2. The Hall–Kier alpha value is -1.49. The Labute approximate surface area is 98.8 Å². The first-order valence-electron chi connectivity index (χ1n) is 5.98. The number of aromatic nitrogens is 2. The largest absolute Gasteiger partial charge is 0.477 e. The Morgan fingerprint density at radius 1 is 1.35 bits per heavy atom. The molecule has 2 fully saturated rings. The molecule has 1 aliphatic heterocycles. The van der Waals surface area contributed by atoms with Gasteiger partial charge in [0.2, 0.25) is 0 Å². The lowest BCUT2D eigenvalue weighted by atomic mass is 10.1. The van der Waals surface area contributed by atoms with E-state index in [0.29, 0.717) is 11.7 Å². The van der Waals surface area contributed by atoms with E-state index in [1.165, 1.54) is 0 Å². The SMILES string of the molecule is O=C(O)c1cc(C2CCCO2)nc(C2CC2)n1. The second-order valence-corrected chi connectivity index (χ2v) is 4.62. The third-order valence-corrected chi connectivity index (χ3v) is 3.18. The van der Waals surface area contributed by atoms with Crippen LogP contribution in [0.2, 0.25) is 0 Å². The predicted molar refractivity (Wildman–Crippen MR) is 58.9 cm³/mol. The molecule has 1 aromatic rings. The van der Waals surface area contributed by atoms with Crippen molar-refractivity contribution in [3.05, 3.63) is 23.3 Å². The molecule has 0 spiro atoms. The van der Waals surface area contributed by atoms with Gasteiger partial charge >= 0.3 is 5.97 Å². The highest BCUT2D eigenvalue weighted by atomic mass is 16.5. The van der Waals surface area contributed by atoms with Crippen molar-refractivity contribution < 1.29 is 14.6 Å². The molecule has 3 rings (SSSR count). The van der Waals surface area contributed by atoms with E-state index < -0.39 is 5.97 Å². The molecule has 0 radical (unpaired) electrons. The fourth-order valence-electron chi connectivity index (χ4n) is 2.09. The van der Waals surface area contributed by atoms with Crippen LogP contribution in [0.5, 0.6) is 0 Å². The van der Waals surface area contributed by atoms with Gasteiger partial charge in [-0.1, -0.05) is 0 Å². The van der Waals surface area contributed by atoms with E-state index in [-0.39, 0.29) is 11.8 Å². The normalized spacial score (nSPS) is 23.9. The van der Waals surface area contributed by atoms with Crippen molar-refractivity contribution in [1.29, 1.82) is 0 Å². The minimum Gasteiger partial charge on any atom is -0.477 e. The van der Waals surface area contributed by atoms with Crippen LogP contribution in [0.3, 0.4) is 0 Å². The summed E-state index contributed by atoms with van der Waals surface area (Å²) in [5.74, 6) is 0.0402. The van der Waals surface area contributed by atoms with Crippen molar-refractivity contribution in [3.8, 4) is 0 Å². The summed E-state index contributed by atoms with van der Waals surface area (Å²) in [6, 6.07) is 1.55. The topological polar surface area (TPSA) is 72.3 Å². The molecule has 2 heterocycles. The maximum atomic E-state index is 11.0. The van der Waals surface area contributed by atoms with Crippen molar-refractivity contribution in [3.63, 3.8) is 0 Å². The molecule has 17 heavy (non-hydrogen) atoms. The van der Waals surface area contributed by atoms with E-state index in [1.54, 1.807) is 6.07 Å². The number of hydrogen-bond donors (Lipinski definition) is 1. The Balaban J connectivity index is 1.97. The first kappa shape index (κ1) is 10.7. The fraction of sp³-hybridized carbons (Fsp3) is 0.583. The third kappa shape index (κ3) is 2.15. The molecule has 1 saturated carbocycles. The molecule has 0 amide bonds. The number of aromatic carboxylic acids is 1. The standard InChI is InChI=1S/C12H14N2O3/c15-12(16)9-6-8(10-2-1-5-17-10)13-11(14-9)7-3-4-7/h6-7,10H,1-5H2,(H,15,16). The molecule has 5 heteroatoms. The Bertz CT molecular complexity index is 451. The Morgan fingerprint density at radius 2 is 2.18 bits per heavy atom. The quantitative estimate of drug-likeness (QED) is 0.864. The molecular weight excluding hydrogens is 220 g/mol. The van der Waals surface area contributed by atoms with Crippen LogP contribution in [0.4, 0.5) is 0 Å². The molecule has 0 aromatic carbocycles. The molecule has 1 atom stereocenters. The average Bonchev–Trinajstić information content (AvgIpc) is 3.04. The van der Waals surface area contributed by atoms with Crippen molar-refractivity contribution >= 4 is 5.97 Å². The van der Waals surface area contributed by atoms with Crippen LogP contribution in [0.25, 0.3) is 0 Å². The van der Waals surface area contributed by atoms with E-state index in [4.69, 9.17) is 9.84 Å². The molecule has 1 aromatic heterocycles. The minimum absolute atomic E-state index is 0.0476. The van der Waals surface area contributed by atoms with E-state index >= 15 is 0 Å². The Kier molecular flexibility index (Phi) is 2.55. The fourth-order valence-corrected chi connectivity index (χ4v) is 2.09. The van der Waals surface area contributed by atoms with Gasteiger partial charge in [-0.25, -0.2) is 14.8 Å². The van der Waals surface area contributed by atoms with Crippen LogP contribution in [-0.2, 0) is 4.74 Å². The molecule has 1 saturated heterocycles. The molecule has 1 N–H and O–H groups in total. The summed E-state index contributed by atoms with van der Waals surface area (Å²) >= 11 is 0. The highest BCUT2D eigenvalue weighted by molar-refractivity contribution is 5.85. The summed E-state index contributed by atoms with van der Waals surface area (Å²) in [5.41, 5.74) is 0.823. The molecule has 1 unspecified atom stereocenters. The second kappa shape index (κ2) is 4.07. The molecule has 90 valence electrons. The molecule has 5 nitrogen and oxygen atoms in total. The van der Waals surface area contributed by atoms with Gasteiger partial charge in [0.25, 0.3) is 0 Å². The van der Waals surface area contributed by atoms with E-state index in [1.807, 2.05) is 0 Å². The lowest BCUT2D eigenvalue weighted by Gasteiger charge is -2.10. The van der Waals surface area contributed by atoms with Gasteiger partial charge in [-0.15, -0.1) is 0 Å². The lowest BCUT2D eigenvalue weighted by molar-refractivity contribution is 0.0688. The maximum Gasteiger partial charge on any atom is 0.354 e. The lowest BCUT2D eigenvalue weighted by Crippen LogP contribution is -2.10. The summed E-state index contributed by atoms with van der Waals surface area (Å²) < 4.78 is 5.55. The first-order chi connectivity index (χ1) is 8.24. The monoisotopic (exact) mass is 234 g/mol. The van der Waals surface area contributed by atoms with Gasteiger partial charge in [-0.2, -0.15) is 0 Å². The highest BCUT2D eigenvalue weighted by Gasteiger charge is 2.30. The first-order valence-corrected chi connectivity index (χ1v) is 5.98. The maximum absolute atomic E-state index is 11.0. The molecule has 0 bridgehead atoms. The minimum atomic E-state index is -0.992. The van der Waals surface area contributed by atoms with E-state index in [2.05, 4.69) is 9.97 Å². The van der Waals surface area contributed by atoms with Gasteiger partial charge in [0, 0.05) is 12.5 Å². The number of rotatable bonds is 3. The smallest absolute Gasteiger partial charge is 0.354 e. The third-order valence-electron chi connectivity index (χ3n) is 3.18. The summed E-state index contributed by atoms with van der Waals surface area (Å²) in [5, 5.41) is 9.05. The van der Waals surface area contributed by atoms with Gasteiger partial charge in [0.05, 0.1) is 11.8 Å². The van der Waals surface area contributed by atoms with Crippen molar-refractivity contribution in [2.75, 3.05) is 6.61 Å². The van der Waals surface area contributed by atoms with Crippen molar-refractivity contribution in [1.82, 2.24) is 9.97 Å². The van der Waals surface area contributed by atoms with Gasteiger partial charge in [-0.05, 0) is 31.7 Å².